The lowest BCUT2D eigenvalue weighted by Gasteiger charge is -2.32. The summed E-state index contributed by atoms with van der Waals surface area (Å²) in [7, 11) is 2.86. The summed E-state index contributed by atoms with van der Waals surface area (Å²) in [4.78, 5) is 34.5. The summed E-state index contributed by atoms with van der Waals surface area (Å²) in [5.74, 6) is -0.333. The van der Waals surface area contributed by atoms with Gasteiger partial charge in [0.05, 0.1) is 20.1 Å². The number of nitrogens with two attached hydrogens (primary N) is 1. The lowest BCUT2D eigenvalue weighted by molar-refractivity contribution is -0.126. The van der Waals surface area contributed by atoms with Crippen LogP contribution in [0.2, 0.25) is 0 Å². The van der Waals surface area contributed by atoms with Gasteiger partial charge in [-0.1, -0.05) is 0 Å². The van der Waals surface area contributed by atoms with E-state index < -0.39 is 0 Å². The number of hydrogen-bond acceptors (Lipinski definition) is 7. The first kappa shape index (κ1) is 17.9. The van der Waals surface area contributed by atoms with Crippen LogP contribution in [0, 0.1) is 5.92 Å². The molecule has 1 aliphatic rings. The Morgan fingerprint density at radius 2 is 2.00 bits per heavy atom. The van der Waals surface area contributed by atoms with Crippen molar-refractivity contribution in [2.24, 2.45) is 11.7 Å². The van der Waals surface area contributed by atoms with E-state index in [-0.39, 0.29) is 35.1 Å². The summed E-state index contributed by atoms with van der Waals surface area (Å²) in [5, 5.41) is 2.77. The lowest BCUT2D eigenvalue weighted by Crippen LogP contribution is -2.46. The predicted molar refractivity (Wildman–Crippen MR) is 85.8 cm³/mol. The molecule has 24 heavy (non-hydrogen) atoms. The predicted octanol–water partition coefficient (Wildman–Crippen LogP) is -0.579. The molecular formula is C15H23N5O4. The molecule has 1 aromatic heterocycles. The molecule has 2 amide bonds. The van der Waals surface area contributed by atoms with Crippen LogP contribution < -0.4 is 20.5 Å². The van der Waals surface area contributed by atoms with Crippen molar-refractivity contribution in [2.45, 2.75) is 12.8 Å². The molecule has 0 bridgehead atoms. The molecule has 1 unspecified atom stereocenters. The number of methoxy groups -OCH3 is 2. The van der Waals surface area contributed by atoms with Gasteiger partial charge in [-0.2, -0.15) is 0 Å². The quantitative estimate of drug-likeness (QED) is 0.712. The van der Waals surface area contributed by atoms with Crippen molar-refractivity contribution in [1.82, 2.24) is 20.2 Å². The molecule has 1 aromatic rings. The molecule has 1 fully saturated rings. The van der Waals surface area contributed by atoms with Gasteiger partial charge in [0.25, 0.3) is 5.91 Å². The van der Waals surface area contributed by atoms with E-state index in [9.17, 15) is 9.59 Å². The van der Waals surface area contributed by atoms with Gasteiger partial charge in [0.15, 0.2) is 5.56 Å². The summed E-state index contributed by atoms with van der Waals surface area (Å²) >= 11 is 0. The first-order valence-corrected chi connectivity index (χ1v) is 7.82. The minimum Gasteiger partial charge on any atom is -0.480 e. The molecule has 0 radical (unpaired) electrons. The number of hydrogen-bond donors (Lipinski definition) is 2. The molecule has 9 heteroatoms. The molecule has 0 spiro atoms. The molecule has 132 valence electrons. The third-order valence-electron chi connectivity index (χ3n) is 3.90. The number of rotatable bonds is 6. The molecule has 1 aliphatic heterocycles. The summed E-state index contributed by atoms with van der Waals surface area (Å²) in [5.41, 5.74) is 5.57. The Kier molecular flexibility index (Phi) is 6.30. The van der Waals surface area contributed by atoms with Crippen LogP contribution in [0.15, 0.2) is 6.33 Å². The topological polar surface area (TPSA) is 120 Å². The van der Waals surface area contributed by atoms with Gasteiger partial charge in [-0.15, -0.1) is 0 Å². The molecular weight excluding hydrogens is 314 g/mol. The van der Waals surface area contributed by atoms with Gasteiger partial charge in [-0.25, -0.2) is 9.97 Å². The third-order valence-corrected chi connectivity index (χ3v) is 3.90. The standard InChI is InChI=1S/C15H23N5O4/c1-23-13-11(14(24-2)19-9-18-13)15(22)20-7-3-4-10(8-20)12(21)17-6-5-16/h9-10H,3-8,16H2,1-2H3,(H,17,21). The fourth-order valence-corrected chi connectivity index (χ4v) is 2.72. The Morgan fingerprint density at radius 1 is 1.33 bits per heavy atom. The molecule has 1 atom stereocenters. The van der Waals surface area contributed by atoms with Gasteiger partial charge < -0.3 is 25.4 Å². The van der Waals surface area contributed by atoms with E-state index in [2.05, 4.69) is 15.3 Å². The highest BCUT2D eigenvalue weighted by molar-refractivity contribution is 5.99. The average Bonchev–Trinajstić information content (AvgIpc) is 2.64. The number of ether oxygens (including phenoxy) is 2. The summed E-state index contributed by atoms with van der Waals surface area (Å²) in [6, 6.07) is 0. The molecule has 2 rings (SSSR count). The van der Waals surface area contributed by atoms with Crippen LogP contribution in [0.1, 0.15) is 23.2 Å². The summed E-state index contributed by atoms with van der Waals surface area (Å²) < 4.78 is 10.3. The van der Waals surface area contributed by atoms with Crippen LogP contribution >= 0.6 is 0 Å². The number of nitrogens with zero attached hydrogens (tertiary/aromatic N) is 3. The highest BCUT2D eigenvalue weighted by Gasteiger charge is 2.32. The molecule has 0 saturated carbocycles. The van der Waals surface area contributed by atoms with Gasteiger partial charge in [0.2, 0.25) is 17.7 Å². The highest BCUT2D eigenvalue weighted by atomic mass is 16.5. The van der Waals surface area contributed by atoms with Crippen molar-refractivity contribution >= 4 is 11.8 Å². The Bertz CT molecular complexity index is 573. The van der Waals surface area contributed by atoms with E-state index in [1.165, 1.54) is 20.5 Å². The third kappa shape index (κ3) is 3.91. The minimum atomic E-state index is -0.305. The fraction of sp³-hybridized carbons (Fsp3) is 0.600. The first-order chi connectivity index (χ1) is 11.6. The van der Waals surface area contributed by atoms with E-state index >= 15 is 0 Å². The zero-order valence-electron chi connectivity index (χ0n) is 13.9. The number of carbonyl (C=O) groups is 2. The monoisotopic (exact) mass is 337 g/mol. The van der Waals surface area contributed by atoms with Crippen LogP contribution in [0.3, 0.4) is 0 Å². The van der Waals surface area contributed by atoms with Crippen molar-refractivity contribution in [3.63, 3.8) is 0 Å². The number of aromatic nitrogens is 2. The molecule has 1 saturated heterocycles. The van der Waals surface area contributed by atoms with Gasteiger partial charge in [0.1, 0.15) is 6.33 Å². The number of nitrogens with one attached hydrogen (secondary N) is 1. The largest absolute Gasteiger partial charge is 0.480 e. The average molecular weight is 337 g/mol. The van der Waals surface area contributed by atoms with Gasteiger partial charge in [-0.05, 0) is 12.8 Å². The van der Waals surface area contributed by atoms with E-state index in [1.807, 2.05) is 0 Å². The molecule has 0 aliphatic carbocycles. The van der Waals surface area contributed by atoms with E-state index in [1.54, 1.807) is 4.90 Å². The number of piperidine rings is 1. The number of likely N-dealkylation sites (tertiary alicyclic amines) is 1. The molecule has 3 N–H and O–H groups in total. The van der Waals surface area contributed by atoms with Crippen molar-refractivity contribution in [3.05, 3.63) is 11.9 Å². The second-order valence-corrected chi connectivity index (χ2v) is 5.44. The number of carbonyl (C=O) groups excluding carboxylic acids is 2. The van der Waals surface area contributed by atoms with Crippen LogP contribution in [0.25, 0.3) is 0 Å². The maximum atomic E-state index is 12.9. The zero-order chi connectivity index (χ0) is 17.5. The smallest absolute Gasteiger partial charge is 0.264 e. The molecule has 9 nitrogen and oxygen atoms in total. The Balaban J connectivity index is 2.16. The fourth-order valence-electron chi connectivity index (χ4n) is 2.72. The number of amides is 2. The van der Waals surface area contributed by atoms with Crippen molar-refractivity contribution in [3.8, 4) is 11.8 Å². The highest BCUT2D eigenvalue weighted by Crippen LogP contribution is 2.27. The lowest BCUT2D eigenvalue weighted by atomic mass is 9.96. The van der Waals surface area contributed by atoms with Crippen molar-refractivity contribution in [2.75, 3.05) is 40.4 Å². The zero-order valence-corrected chi connectivity index (χ0v) is 13.9. The maximum Gasteiger partial charge on any atom is 0.264 e. The van der Waals surface area contributed by atoms with Crippen molar-refractivity contribution in [1.29, 1.82) is 0 Å². The van der Waals surface area contributed by atoms with Gasteiger partial charge in [0, 0.05) is 26.2 Å². The Labute approximate surface area is 140 Å². The Morgan fingerprint density at radius 3 is 2.58 bits per heavy atom. The minimum absolute atomic E-state index is 0.0822. The Hall–Kier alpha value is -2.42. The van der Waals surface area contributed by atoms with E-state index in [0.29, 0.717) is 26.2 Å². The molecule has 0 aromatic carbocycles. The van der Waals surface area contributed by atoms with E-state index in [4.69, 9.17) is 15.2 Å². The second kappa shape index (κ2) is 8.44. The van der Waals surface area contributed by atoms with Gasteiger partial charge in [-0.3, -0.25) is 9.59 Å². The van der Waals surface area contributed by atoms with Crippen LogP contribution in [-0.4, -0.2) is 67.1 Å². The van der Waals surface area contributed by atoms with Gasteiger partial charge >= 0.3 is 0 Å². The summed E-state index contributed by atoms with van der Waals surface area (Å²) in [6.45, 7) is 1.70. The van der Waals surface area contributed by atoms with Crippen LogP contribution in [0.5, 0.6) is 11.8 Å². The summed E-state index contributed by atoms with van der Waals surface area (Å²) in [6.07, 6.45) is 2.75. The molecule has 2 heterocycles. The van der Waals surface area contributed by atoms with Crippen LogP contribution in [-0.2, 0) is 4.79 Å². The van der Waals surface area contributed by atoms with E-state index in [0.717, 1.165) is 12.8 Å². The van der Waals surface area contributed by atoms with Crippen molar-refractivity contribution < 1.29 is 19.1 Å². The second-order valence-electron chi connectivity index (χ2n) is 5.44. The first-order valence-electron chi connectivity index (χ1n) is 7.82. The normalized spacial score (nSPS) is 17.3. The SMILES string of the molecule is COc1ncnc(OC)c1C(=O)N1CCCC(C(=O)NCCN)C1. The maximum absolute atomic E-state index is 12.9. The van der Waals surface area contributed by atoms with Crippen LogP contribution in [0.4, 0.5) is 0 Å².